The van der Waals surface area contributed by atoms with Crippen LogP contribution in [-0.2, 0) is 5.41 Å². The fourth-order valence-corrected chi connectivity index (χ4v) is 8.75. The molecule has 2 aliphatic heterocycles. The number of fused-ring (bicyclic) bond motifs is 5. The summed E-state index contributed by atoms with van der Waals surface area (Å²) in [5.41, 5.74) is 12.9. The summed E-state index contributed by atoms with van der Waals surface area (Å²) in [4.78, 5) is 10.7. The summed E-state index contributed by atoms with van der Waals surface area (Å²) in [6.07, 6.45) is 0. The first-order chi connectivity index (χ1) is 28.8. The Kier molecular flexibility index (Phi) is 7.89. The Bertz CT molecular complexity index is 3120. The van der Waals surface area contributed by atoms with Crippen LogP contribution in [0.4, 0.5) is 0 Å². The van der Waals surface area contributed by atoms with Gasteiger partial charge >= 0.3 is 0 Å². The Labute approximate surface area is 343 Å². The number of nitrogens with zero attached hydrogens (tertiary/aromatic N) is 3. The van der Waals surface area contributed by atoms with Crippen molar-refractivity contribution in [2.45, 2.75) is 26.2 Å². The van der Waals surface area contributed by atoms with Gasteiger partial charge < -0.3 is 14.6 Å². The number of imidazole rings is 1. The number of phenolic OH excluding ortho intramolecular Hbond substituents is 1. The van der Waals surface area contributed by atoms with Crippen LogP contribution in [0.25, 0.3) is 61.8 Å². The number of aromatic nitrogens is 3. The SMILES string of the molecule is CC(C)(C)c1ccc(-n2c(-c3cc(-c4cccc(-c5ccccc5O)n4)c4c5c3Oc3ccccc3B5c3ccccc3O4)nc3ccccc32)c(-c2ccccc2)c1. The van der Waals surface area contributed by atoms with E-state index in [-0.39, 0.29) is 17.9 Å². The molecule has 59 heavy (non-hydrogen) atoms. The highest BCUT2D eigenvalue weighted by Crippen LogP contribution is 2.47. The van der Waals surface area contributed by atoms with E-state index in [9.17, 15) is 5.11 Å². The molecular weight excluding hydrogens is 725 g/mol. The molecule has 0 bridgehead atoms. The summed E-state index contributed by atoms with van der Waals surface area (Å²) >= 11 is 0. The van der Waals surface area contributed by atoms with E-state index in [1.54, 1.807) is 6.07 Å². The Balaban J connectivity index is 1.25. The molecule has 0 saturated heterocycles. The molecule has 7 heteroatoms. The van der Waals surface area contributed by atoms with Gasteiger partial charge in [-0.05, 0) is 94.2 Å². The lowest BCUT2D eigenvalue weighted by Gasteiger charge is -2.35. The summed E-state index contributed by atoms with van der Waals surface area (Å²) in [5.74, 6) is 3.87. The van der Waals surface area contributed by atoms with Gasteiger partial charge in [0.05, 0.1) is 33.7 Å². The van der Waals surface area contributed by atoms with Crippen molar-refractivity contribution in [2.24, 2.45) is 0 Å². The molecule has 0 saturated carbocycles. The topological polar surface area (TPSA) is 69.4 Å². The molecule has 11 rings (SSSR count). The van der Waals surface area contributed by atoms with E-state index < -0.39 is 0 Å². The minimum Gasteiger partial charge on any atom is -0.507 e. The molecule has 0 unspecified atom stereocenters. The summed E-state index contributed by atoms with van der Waals surface area (Å²) in [5, 5.41) is 10.9. The second-order valence-electron chi connectivity index (χ2n) is 16.3. The van der Waals surface area contributed by atoms with Crippen molar-refractivity contribution in [3.63, 3.8) is 0 Å². The molecule has 0 atom stereocenters. The van der Waals surface area contributed by atoms with Gasteiger partial charge in [-0.15, -0.1) is 0 Å². The van der Waals surface area contributed by atoms with E-state index in [0.717, 1.165) is 72.7 Å². The molecular formula is C52H38BN3O3. The molecule has 7 aromatic carbocycles. The third-order valence-electron chi connectivity index (χ3n) is 11.6. The lowest BCUT2D eigenvalue weighted by atomic mass is 9.34. The Hall–Kier alpha value is -7.38. The Morgan fingerprint density at radius 2 is 1.17 bits per heavy atom. The van der Waals surface area contributed by atoms with E-state index in [1.165, 1.54) is 5.56 Å². The number of aromatic hydroxyl groups is 1. The maximum atomic E-state index is 10.9. The number of rotatable bonds is 5. The van der Waals surface area contributed by atoms with Crippen LogP contribution < -0.4 is 25.9 Å². The maximum absolute atomic E-state index is 10.9. The molecule has 0 spiro atoms. The van der Waals surface area contributed by atoms with Gasteiger partial charge in [0.2, 0.25) is 0 Å². The summed E-state index contributed by atoms with van der Waals surface area (Å²) in [7, 11) is 0. The van der Waals surface area contributed by atoms with Crippen molar-refractivity contribution >= 4 is 34.1 Å². The van der Waals surface area contributed by atoms with Crippen LogP contribution >= 0.6 is 0 Å². The third-order valence-corrected chi connectivity index (χ3v) is 11.6. The van der Waals surface area contributed by atoms with Crippen molar-refractivity contribution in [3.05, 3.63) is 175 Å². The average Bonchev–Trinajstić information content (AvgIpc) is 3.65. The first-order valence-electron chi connectivity index (χ1n) is 20.0. The molecule has 282 valence electrons. The number of para-hydroxylation sites is 5. The van der Waals surface area contributed by atoms with E-state index in [4.69, 9.17) is 19.4 Å². The quantitative estimate of drug-likeness (QED) is 0.177. The van der Waals surface area contributed by atoms with Crippen molar-refractivity contribution in [1.82, 2.24) is 14.5 Å². The lowest BCUT2D eigenvalue weighted by molar-refractivity contribution is 0.466. The van der Waals surface area contributed by atoms with Gasteiger partial charge in [-0.25, -0.2) is 9.97 Å². The van der Waals surface area contributed by atoms with Gasteiger partial charge in [-0.2, -0.15) is 0 Å². The smallest absolute Gasteiger partial charge is 0.260 e. The number of benzene rings is 7. The molecule has 2 aliphatic rings. The van der Waals surface area contributed by atoms with Gasteiger partial charge in [0.25, 0.3) is 6.71 Å². The van der Waals surface area contributed by atoms with Gasteiger partial charge in [-0.1, -0.05) is 124 Å². The number of phenols is 1. The number of hydrogen-bond donors (Lipinski definition) is 1. The first-order valence-corrected chi connectivity index (χ1v) is 20.0. The minimum atomic E-state index is -0.182. The molecule has 6 nitrogen and oxygen atoms in total. The van der Waals surface area contributed by atoms with Crippen molar-refractivity contribution in [2.75, 3.05) is 0 Å². The highest BCUT2D eigenvalue weighted by Gasteiger charge is 2.43. The van der Waals surface area contributed by atoms with Crippen LogP contribution in [0.3, 0.4) is 0 Å². The highest BCUT2D eigenvalue weighted by molar-refractivity contribution is 6.98. The Morgan fingerprint density at radius 3 is 1.90 bits per heavy atom. The predicted octanol–water partition coefficient (Wildman–Crippen LogP) is 10.8. The minimum absolute atomic E-state index is 0.0654. The van der Waals surface area contributed by atoms with Crippen molar-refractivity contribution < 1.29 is 14.6 Å². The van der Waals surface area contributed by atoms with Crippen LogP contribution in [0, 0.1) is 0 Å². The van der Waals surface area contributed by atoms with E-state index in [2.05, 4.69) is 122 Å². The monoisotopic (exact) mass is 763 g/mol. The highest BCUT2D eigenvalue weighted by atomic mass is 16.5. The normalized spacial score (nSPS) is 12.6. The van der Waals surface area contributed by atoms with Crippen LogP contribution in [0.5, 0.6) is 28.7 Å². The molecule has 1 N–H and O–H groups in total. The largest absolute Gasteiger partial charge is 0.507 e. The van der Waals surface area contributed by atoms with Gasteiger partial charge in [0, 0.05) is 22.2 Å². The molecule has 0 fully saturated rings. The molecule has 9 aromatic rings. The molecule has 2 aromatic heterocycles. The lowest BCUT2D eigenvalue weighted by Crippen LogP contribution is -2.57. The summed E-state index contributed by atoms with van der Waals surface area (Å²) < 4.78 is 16.4. The molecule has 0 radical (unpaired) electrons. The zero-order chi connectivity index (χ0) is 39.8. The van der Waals surface area contributed by atoms with Gasteiger partial charge in [0.1, 0.15) is 34.6 Å². The standard InChI is InChI=1S/C52H38BN3O3/c1-52(2,3)33-28-29-43(35(30-33)32-16-5-4-6-17-32)56-44-24-11-10-21-42(44)55-51(56)37-31-36(41-23-15-22-40(54-41)34-18-7-12-25-45(34)57)49-48-50(37)59-47-27-14-9-20-39(47)53(48)38-19-8-13-26-46(38)58-49/h4-31,57H,1-3H3. The fraction of sp³-hybridized carbons (Fsp3) is 0.0769. The second kappa shape index (κ2) is 13.4. The zero-order valence-electron chi connectivity index (χ0n) is 32.8. The molecule has 4 heterocycles. The first kappa shape index (κ1) is 34.8. The van der Waals surface area contributed by atoms with Crippen molar-refractivity contribution in [1.29, 1.82) is 0 Å². The summed E-state index contributed by atoms with van der Waals surface area (Å²) in [6.45, 7) is 6.57. The fourth-order valence-electron chi connectivity index (χ4n) is 8.75. The average molecular weight is 764 g/mol. The number of pyridine rings is 1. The van der Waals surface area contributed by atoms with E-state index in [1.807, 2.05) is 66.7 Å². The second-order valence-corrected chi connectivity index (χ2v) is 16.3. The van der Waals surface area contributed by atoms with Crippen LogP contribution in [-0.4, -0.2) is 26.4 Å². The van der Waals surface area contributed by atoms with Crippen LogP contribution in [0.1, 0.15) is 26.3 Å². The predicted molar refractivity (Wildman–Crippen MR) is 239 cm³/mol. The Morgan fingerprint density at radius 1 is 0.542 bits per heavy atom. The van der Waals surface area contributed by atoms with E-state index in [0.29, 0.717) is 28.5 Å². The number of ether oxygens (including phenoxy) is 2. The maximum Gasteiger partial charge on any atom is 0.260 e. The van der Waals surface area contributed by atoms with Crippen LogP contribution in [0.15, 0.2) is 170 Å². The van der Waals surface area contributed by atoms with Gasteiger partial charge in [0.15, 0.2) is 0 Å². The third kappa shape index (κ3) is 5.64. The molecule has 0 aliphatic carbocycles. The summed E-state index contributed by atoms with van der Waals surface area (Å²) in [6, 6.07) is 57.6. The number of hydrogen-bond acceptors (Lipinski definition) is 5. The van der Waals surface area contributed by atoms with E-state index >= 15 is 0 Å². The van der Waals surface area contributed by atoms with Crippen molar-refractivity contribution in [3.8, 4) is 79.5 Å². The molecule has 0 amide bonds. The van der Waals surface area contributed by atoms with Gasteiger partial charge in [-0.3, -0.25) is 4.57 Å². The van der Waals surface area contributed by atoms with Crippen LogP contribution in [0.2, 0.25) is 0 Å². The zero-order valence-corrected chi connectivity index (χ0v) is 32.8.